The third-order valence-corrected chi connectivity index (χ3v) is 7.75. The van der Waals surface area contributed by atoms with E-state index in [1.165, 1.54) is 66.7 Å². The van der Waals surface area contributed by atoms with E-state index < -0.39 is 29.3 Å². The summed E-state index contributed by atoms with van der Waals surface area (Å²) < 4.78 is 0. The molecular formula is C34H30O9. The second kappa shape index (κ2) is 11.4. The molecule has 5 rings (SSSR count). The van der Waals surface area contributed by atoms with E-state index >= 15 is 0 Å². The van der Waals surface area contributed by atoms with Crippen molar-refractivity contribution in [3.05, 3.63) is 106 Å². The van der Waals surface area contributed by atoms with Gasteiger partial charge in [-0.25, -0.2) is 0 Å². The molecule has 1 aliphatic rings. The van der Waals surface area contributed by atoms with E-state index in [1.54, 1.807) is 12.2 Å². The first-order chi connectivity index (χ1) is 20.4. The van der Waals surface area contributed by atoms with Crippen molar-refractivity contribution < 1.29 is 45.6 Å². The van der Waals surface area contributed by atoms with Gasteiger partial charge < -0.3 is 40.9 Å². The monoisotopic (exact) mass is 582 g/mol. The molecular weight excluding hydrogens is 552 g/mol. The maximum Gasteiger partial charge on any atom is 0.171 e. The lowest BCUT2D eigenvalue weighted by molar-refractivity contribution is 0.0876. The van der Waals surface area contributed by atoms with Crippen LogP contribution in [0.15, 0.2) is 78.4 Å². The van der Waals surface area contributed by atoms with Gasteiger partial charge in [0, 0.05) is 47.1 Å². The van der Waals surface area contributed by atoms with Gasteiger partial charge >= 0.3 is 0 Å². The molecule has 3 atom stereocenters. The zero-order valence-electron chi connectivity index (χ0n) is 23.0. The topological polar surface area (TPSA) is 179 Å². The van der Waals surface area contributed by atoms with Gasteiger partial charge in [-0.2, -0.15) is 0 Å². The van der Waals surface area contributed by atoms with Crippen LogP contribution in [-0.2, 0) is 0 Å². The van der Waals surface area contributed by atoms with Gasteiger partial charge in [0.25, 0.3) is 0 Å². The van der Waals surface area contributed by atoms with Crippen LogP contribution in [-0.4, -0.2) is 46.6 Å². The molecule has 0 amide bonds. The van der Waals surface area contributed by atoms with E-state index in [1.807, 2.05) is 6.92 Å². The number of Topliss-reactive ketones (excluding diaryl/α,β-unsaturated/α-hetero) is 1. The molecule has 0 heterocycles. The number of carbonyl (C=O) groups excluding carboxylic acids is 1. The summed E-state index contributed by atoms with van der Waals surface area (Å²) in [4.78, 5) is 14.2. The number of hydrogen-bond donors (Lipinski definition) is 8. The second-order valence-corrected chi connectivity index (χ2v) is 10.7. The van der Waals surface area contributed by atoms with Gasteiger partial charge in [-0.15, -0.1) is 0 Å². The molecule has 1 aliphatic carbocycles. The number of rotatable bonds is 6. The van der Waals surface area contributed by atoms with Gasteiger partial charge in [-0.3, -0.25) is 4.79 Å². The molecule has 0 saturated carbocycles. The third kappa shape index (κ3) is 5.78. The Bertz CT molecular complexity index is 1760. The molecule has 0 fully saturated rings. The second-order valence-electron chi connectivity index (χ2n) is 10.7. The van der Waals surface area contributed by atoms with Gasteiger partial charge in [0.05, 0.1) is 5.56 Å². The van der Waals surface area contributed by atoms with Gasteiger partial charge in [0.1, 0.15) is 46.0 Å². The number of ketones is 1. The molecule has 8 N–H and O–H groups in total. The quantitative estimate of drug-likeness (QED) is 0.0744. The number of allylic oxidation sites excluding steroid dienone is 2. The first-order valence-corrected chi connectivity index (χ1v) is 13.4. The molecule has 0 saturated heterocycles. The largest absolute Gasteiger partial charge is 0.508 e. The minimum atomic E-state index is -1.04. The molecule has 0 spiro atoms. The number of phenolic OH excluding ortho intramolecular Hbond substituents is 8. The maximum absolute atomic E-state index is 14.2. The predicted molar refractivity (Wildman–Crippen MR) is 160 cm³/mol. The Morgan fingerprint density at radius 1 is 0.674 bits per heavy atom. The lowest BCUT2D eigenvalue weighted by Gasteiger charge is -2.37. The normalized spacial score (nSPS) is 18.4. The van der Waals surface area contributed by atoms with E-state index in [0.717, 1.165) is 11.6 Å². The summed E-state index contributed by atoms with van der Waals surface area (Å²) in [6.07, 6.45) is 5.16. The van der Waals surface area contributed by atoms with Crippen molar-refractivity contribution in [1.82, 2.24) is 0 Å². The van der Waals surface area contributed by atoms with E-state index in [-0.39, 0.29) is 51.4 Å². The number of benzene rings is 4. The summed E-state index contributed by atoms with van der Waals surface area (Å²) in [6, 6.07) is 14.5. The predicted octanol–water partition coefficient (Wildman–Crippen LogP) is 6.22. The summed E-state index contributed by atoms with van der Waals surface area (Å²) >= 11 is 0. The number of carbonyl (C=O) groups is 1. The van der Waals surface area contributed by atoms with Crippen molar-refractivity contribution in [1.29, 1.82) is 0 Å². The van der Waals surface area contributed by atoms with Crippen LogP contribution in [0, 0.1) is 5.92 Å². The van der Waals surface area contributed by atoms with Gasteiger partial charge in [-0.05, 0) is 66.9 Å². The molecule has 0 aliphatic heterocycles. The van der Waals surface area contributed by atoms with Crippen LogP contribution in [0.3, 0.4) is 0 Å². The molecule has 0 aromatic heterocycles. The molecule has 4 aromatic carbocycles. The molecule has 0 unspecified atom stereocenters. The maximum atomic E-state index is 14.2. The highest BCUT2D eigenvalue weighted by Gasteiger charge is 2.43. The Kier molecular flexibility index (Phi) is 7.65. The van der Waals surface area contributed by atoms with E-state index in [4.69, 9.17) is 0 Å². The Hall–Kier alpha value is -5.57. The smallest absolute Gasteiger partial charge is 0.171 e. The first kappa shape index (κ1) is 28.9. The molecule has 0 radical (unpaired) electrons. The number of phenols is 8. The summed E-state index contributed by atoms with van der Waals surface area (Å²) in [5.74, 6) is -5.17. The zero-order chi connectivity index (χ0) is 31.0. The summed E-state index contributed by atoms with van der Waals surface area (Å²) in [7, 11) is 0. The van der Waals surface area contributed by atoms with Gasteiger partial charge in [0.2, 0.25) is 0 Å². The van der Waals surface area contributed by atoms with Crippen LogP contribution in [0.2, 0.25) is 0 Å². The minimum Gasteiger partial charge on any atom is -0.508 e. The van der Waals surface area contributed by atoms with Gasteiger partial charge in [-0.1, -0.05) is 29.9 Å². The summed E-state index contributed by atoms with van der Waals surface area (Å²) in [5, 5.41) is 83.1. The lowest BCUT2D eigenvalue weighted by atomic mass is 9.65. The summed E-state index contributed by atoms with van der Waals surface area (Å²) in [5.41, 5.74) is 1.92. The minimum absolute atomic E-state index is 0.0589. The summed E-state index contributed by atoms with van der Waals surface area (Å²) in [6.45, 7) is 1.82. The van der Waals surface area contributed by atoms with Crippen LogP contribution in [0.4, 0.5) is 0 Å². The molecule has 220 valence electrons. The zero-order valence-corrected chi connectivity index (χ0v) is 23.0. The van der Waals surface area contributed by atoms with Crippen molar-refractivity contribution in [2.75, 3.05) is 0 Å². The van der Waals surface area contributed by atoms with Crippen molar-refractivity contribution in [2.45, 2.75) is 25.2 Å². The van der Waals surface area contributed by atoms with Crippen LogP contribution in [0.1, 0.15) is 57.8 Å². The van der Waals surface area contributed by atoms with Crippen molar-refractivity contribution in [3.63, 3.8) is 0 Å². The SMILES string of the molecule is CC1=C[C@@H](c2c(O)cc(/C=C/c3ccc(O)cc3O)cc2O)[C@H](C(=O)c2ccc(O)cc2O)[C@@H](c2ccc(O)cc2O)C1. The Morgan fingerprint density at radius 3 is 1.86 bits per heavy atom. The standard InChI is InChI=1S/C34H30O9/c1-17-10-25(23-8-6-21(36)15-28(23)39)32(34(43)24-9-7-22(37)16-29(24)40)26(11-17)33-30(41)12-18(13-31(33)42)2-3-19-4-5-20(35)14-27(19)38/h2-9,11-16,25-26,32,35-42H,10H2,1H3/b3-2+/t25-,26-,32-/m1/s1. The fraction of sp³-hybridized carbons (Fsp3) is 0.147. The molecule has 4 aromatic rings. The average molecular weight is 583 g/mol. The first-order valence-electron chi connectivity index (χ1n) is 13.4. The fourth-order valence-corrected chi connectivity index (χ4v) is 5.81. The van der Waals surface area contributed by atoms with Gasteiger partial charge in [0.15, 0.2) is 5.78 Å². The molecule has 0 bridgehead atoms. The third-order valence-electron chi connectivity index (χ3n) is 7.75. The Balaban J connectivity index is 1.62. The fourth-order valence-electron chi connectivity index (χ4n) is 5.81. The Morgan fingerprint density at radius 2 is 1.26 bits per heavy atom. The van der Waals surface area contributed by atoms with Crippen LogP contribution in [0.5, 0.6) is 46.0 Å². The van der Waals surface area contributed by atoms with Crippen molar-refractivity contribution in [2.24, 2.45) is 5.92 Å². The van der Waals surface area contributed by atoms with E-state index in [9.17, 15) is 45.6 Å². The highest BCUT2D eigenvalue weighted by molar-refractivity contribution is 6.02. The van der Waals surface area contributed by atoms with Crippen molar-refractivity contribution >= 4 is 17.9 Å². The van der Waals surface area contributed by atoms with E-state index in [0.29, 0.717) is 23.1 Å². The average Bonchev–Trinajstić information content (AvgIpc) is 2.91. The molecule has 9 heteroatoms. The van der Waals surface area contributed by atoms with Crippen LogP contribution in [0.25, 0.3) is 12.2 Å². The molecule has 43 heavy (non-hydrogen) atoms. The highest BCUT2D eigenvalue weighted by atomic mass is 16.3. The Labute approximate surface area is 246 Å². The highest BCUT2D eigenvalue weighted by Crippen LogP contribution is 2.52. The number of aromatic hydroxyl groups is 8. The van der Waals surface area contributed by atoms with E-state index in [2.05, 4.69) is 0 Å². The number of hydrogen-bond acceptors (Lipinski definition) is 9. The lowest BCUT2D eigenvalue weighted by Crippen LogP contribution is -2.31. The van der Waals surface area contributed by atoms with Crippen molar-refractivity contribution in [3.8, 4) is 46.0 Å². The van der Waals surface area contributed by atoms with Crippen LogP contribution >= 0.6 is 0 Å². The van der Waals surface area contributed by atoms with Crippen LogP contribution < -0.4 is 0 Å². The molecule has 9 nitrogen and oxygen atoms in total.